The van der Waals surface area contributed by atoms with Crippen LogP contribution in [0.1, 0.15) is 80.0 Å². The number of anilines is 3. The molecule has 1 aromatic heterocycles. The van der Waals surface area contributed by atoms with E-state index >= 15 is 0 Å². The fourth-order valence-electron chi connectivity index (χ4n) is 15.2. The summed E-state index contributed by atoms with van der Waals surface area (Å²) in [6.07, 6.45) is 12.6. The number of rotatable bonds is 3. The SMILES string of the molecule is c1ccc2c(c1)-c1cc(N(c3ccc4c(c3)C3(c5ccccc5-4)C4CC5CC(C4)CC3C5)c3cccc4sc5ccccc5c34)ccc1C21CC2CCC1C2. The molecule has 2 spiro atoms. The van der Waals surface area contributed by atoms with E-state index < -0.39 is 0 Å². The highest BCUT2D eigenvalue weighted by atomic mass is 32.1. The van der Waals surface area contributed by atoms with Gasteiger partial charge in [0.2, 0.25) is 0 Å². The first-order chi connectivity index (χ1) is 27.2. The van der Waals surface area contributed by atoms with Gasteiger partial charge in [0.15, 0.2) is 0 Å². The summed E-state index contributed by atoms with van der Waals surface area (Å²) in [5.74, 6) is 4.99. The van der Waals surface area contributed by atoms with Gasteiger partial charge in [-0.25, -0.2) is 0 Å². The lowest BCUT2D eigenvalue weighted by Crippen LogP contribution is -2.55. The third-order valence-corrected chi connectivity index (χ3v) is 17.8. The number of hydrogen-bond donors (Lipinski definition) is 0. The zero-order valence-electron chi connectivity index (χ0n) is 31.3. The molecular weight excluding hydrogens is 683 g/mol. The highest BCUT2D eigenvalue weighted by Crippen LogP contribution is 2.70. The summed E-state index contributed by atoms with van der Waals surface area (Å²) >= 11 is 1.93. The smallest absolute Gasteiger partial charge is 0.0554 e. The van der Waals surface area contributed by atoms with Crippen molar-refractivity contribution in [3.8, 4) is 22.3 Å². The van der Waals surface area contributed by atoms with Crippen molar-refractivity contribution in [2.75, 3.05) is 4.90 Å². The number of fused-ring (bicyclic) bond motifs is 14. The molecule has 55 heavy (non-hydrogen) atoms. The Hall–Kier alpha value is -4.66. The zero-order valence-corrected chi connectivity index (χ0v) is 32.1. The monoisotopic (exact) mass is 727 g/mol. The maximum absolute atomic E-state index is 2.70. The molecule has 0 N–H and O–H groups in total. The third kappa shape index (κ3) is 3.72. The molecule has 7 aromatic rings. The summed E-state index contributed by atoms with van der Waals surface area (Å²) in [7, 11) is 0. The van der Waals surface area contributed by atoms with Crippen molar-refractivity contribution in [3.05, 3.63) is 150 Å². The lowest BCUT2D eigenvalue weighted by atomic mass is 9.43. The van der Waals surface area contributed by atoms with Gasteiger partial charge in [-0.1, -0.05) is 91.3 Å². The van der Waals surface area contributed by atoms with Gasteiger partial charge in [-0.05, 0) is 174 Å². The van der Waals surface area contributed by atoms with Crippen LogP contribution in [-0.2, 0) is 10.8 Å². The largest absolute Gasteiger partial charge is 0.310 e. The molecule has 1 heterocycles. The molecule has 0 aliphatic heterocycles. The highest BCUT2D eigenvalue weighted by Gasteiger charge is 2.62. The van der Waals surface area contributed by atoms with E-state index in [1.54, 1.807) is 22.3 Å². The quantitative estimate of drug-likeness (QED) is 0.175. The lowest BCUT2D eigenvalue weighted by Gasteiger charge is -2.61. The van der Waals surface area contributed by atoms with Crippen molar-refractivity contribution in [1.82, 2.24) is 0 Å². The molecule has 0 radical (unpaired) electrons. The standard InChI is InChI=1S/C53H45NS/c1-4-11-44-40(9-1)43-28-37(19-21-45(43)52(44)30-31-16-17-34(52)23-31)54(48-13-7-15-50-51(48)42-10-3-6-14-49(42)55-50)38-18-20-41-39-8-2-5-12-46(39)53(47(41)29-38)35-24-32-22-33(26-35)27-36(53)25-32/h1-15,18-21,28-29,31-36H,16-17,22-27,30H2. The van der Waals surface area contributed by atoms with Gasteiger partial charge in [0.25, 0.3) is 0 Å². The van der Waals surface area contributed by atoms with Crippen molar-refractivity contribution in [2.24, 2.45) is 35.5 Å². The lowest BCUT2D eigenvalue weighted by molar-refractivity contribution is -0.0399. The van der Waals surface area contributed by atoms with Gasteiger partial charge < -0.3 is 4.90 Å². The van der Waals surface area contributed by atoms with Crippen LogP contribution in [-0.4, -0.2) is 0 Å². The number of thiophene rings is 1. The van der Waals surface area contributed by atoms with Crippen molar-refractivity contribution in [3.63, 3.8) is 0 Å². The molecule has 8 aliphatic carbocycles. The second-order valence-electron chi connectivity index (χ2n) is 18.9. The van der Waals surface area contributed by atoms with E-state index in [4.69, 9.17) is 0 Å². The Labute approximate surface area is 328 Å². The molecule has 3 unspecified atom stereocenters. The molecule has 8 aliphatic rings. The van der Waals surface area contributed by atoms with Crippen LogP contribution in [0.25, 0.3) is 42.4 Å². The molecule has 6 saturated carbocycles. The van der Waals surface area contributed by atoms with Crippen molar-refractivity contribution < 1.29 is 0 Å². The maximum Gasteiger partial charge on any atom is 0.0554 e. The predicted molar refractivity (Wildman–Crippen MR) is 229 cm³/mol. The van der Waals surface area contributed by atoms with E-state index in [9.17, 15) is 0 Å². The Morgan fingerprint density at radius 3 is 1.93 bits per heavy atom. The molecule has 6 aromatic carbocycles. The van der Waals surface area contributed by atoms with Crippen molar-refractivity contribution in [2.45, 2.75) is 68.6 Å². The molecule has 0 amide bonds. The average molecular weight is 728 g/mol. The van der Waals surface area contributed by atoms with Crippen LogP contribution >= 0.6 is 11.3 Å². The van der Waals surface area contributed by atoms with Crippen LogP contribution in [0.15, 0.2) is 127 Å². The summed E-state index contributed by atoms with van der Waals surface area (Å²) in [5, 5.41) is 2.74. The van der Waals surface area contributed by atoms with E-state index in [0.717, 1.165) is 35.5 Å². The molecule has 3 atom stereocenters. The Morgan fingerprint density at radius 2 is 1.13 bits per heavy atom. The second kappa shape index (κ2) is 10.6. The van der Waals surface area contributed by atoms with Gasteiger partial charge in [-0.3, -0.25) is 0 Å². The zero-order chi connectivity index (χ0) is 35.6. The molecule has 6 fully saturated rings. The van der Waals surface area contributed by atoms with Crippen LogP contribution in [0.3, 0.4) is 0 Å². The van der Waals surface area contributed by atoms with Gasteiger partial charge in [0, 0.05) is 42.4 Å². The fraction of sp³-hybridized carbons (Fsp3) is 0.321. The van der Waals surface area contributed by atoms with E-state index in [2.05, 4.69) is 132 Å². The summed E-state index contributed by atoms with van der Waals surface area (Å²) in [5.41, 5.74) is 16.6. The summed E-state index contributed by atoms with van der Waals surface area (Å²) in [6, 6.07) is 50.5. The maximum atomic E-state index is 2.70. The first kappa shape index (κ1) is 30.5. The van der Waals surface area contributed by atoms with Crippen LogP contribution in [0.2, 0.25) is 0 Å². The molecule has 2 heteroatoms. The summed E-state index contributed by atoms with van der Waals surface area (Å²) < 4.78 is 2.73. The second-order valence-corrected chi connectivity index (χ2v) is 19.9. The van der Waals surface area contributed by atoms with Crippen molar-refractivity contribution in [1.29, 1.82) is 0 Å². The summed E-state index contributed by atoms with van der Waals surface area (Å²) in [6.45, 7) is 0. The minimum Gasteiger partial charge on any atom is -0.310 e. The van der Waals surface area contributed by atoms with Gasteiger partial charge in [-0.15, -0.1) is 11.3 Å². The molecule has 268 valence electrons. The minimum atomic E-state index is 0.132. The van der Waals surface area contributed by atoms with Gasteiger partial charge in [0.1, 0.15) is 0 Å². The minimum absolute atomic E-state index is 0.132. The Kier molecular flexibility index (Phi) is 5.88. The van der Waals surface area contributed by atoms with Gasteiger partial charge >= 0.3 is 0 Å². The molecule has 1 nitrogen and oxygen atoms in total. The van der Waals surface area contributed by atoms with E-state index in [1.165, 1.54) is 117 Å². The normalized spacial score (nSPS) is 31.1. The van der Waals surface area contributed by atoms with Crippen LogP contribution in [0, 0.1) is 35.5 Å². The van der Waals surface area contributed by atoms with Crippen LogP contribution in [0.5, 0.6) is 0 Å². The number of hydrogen-bond acceptors (Lipinski definition) is 2. The van der Waals surface area contributed by atoms with Crippen molar-refractivity contribution >= 4 is 48.6 Å². The Morgan fingerprint density at radius 1 is 0.473 bits per heavy atom. The highest BCUT2D eigenvalue weighted by molar-refractivity contribution is 7.26. The fourth-order valence-corrected chi connectivity index (χ4v) is 16.3. The molecule has 15 rings (SSSR count). The van der Waals surface area contributed by atoms with E-state index in [0.29, 0.717) is 0 Å². The number of benzene rings is 6. The average Bonchev–Trinajstić information content (AvgIpc) is 4.04. The van der Waals surface area contributed by atoms with Crippen LogP contribution in [0.4, 0.5) is 17.1 Å². The molecule has 0 saturated heterocycles. The Bertz CT molecular complexity index is 2760. The first-order valence-corrected chi connectivity index (χ1v) is 22.2. The molecule has 6 bridgehead atoms. The predicted octanol–water partition coefficient (Wildman–Crippen LogP) is 14.3. The van der Waals surface area contributed by atoms with E-state index in [-0.39, 0.29) is 10.8 Å². The summed E-state index contributed by atoms with van der Waals surface area (Å²) in [4.78, 5) is 2.67. The number of nitrogens with zero attached hydrogens (tertiary/aromatic N) is 1. The van der Waals surface area contributed by atoms with Gasteiger partial charge in [0.05, 0.1) is 5.69 Å². The third-order valence-electron chi connectivity index (χ3n) is 16.7. The molecular formula is C53H45NS. The first-order valence-electron chi connectivity index (χ1n) is 21.4. The van der Waals surface area contributed by atoms with Crippen LogP contribution < -0.4 is 4.90 Å². The van der Waals surface area contributed by atoms with E-state index in [1.807, 2.05) is 11.3 Å². The Balaban J connectivity index is 1.02. The topological polar surface area (TPSA) is 3.24 Å². The van der Waals surface area contributed by atoms with Gasteiger partial charge in [-0.2, -0.15) is 0 Å².